The van der Waals surface area contributed by atoms with E-state index < -0.39 is 10.0 Å². The van der Waals surface area contributed by atoms with E-state index in [-0.39, 0.29) is 30.5 Å². The smallest absolute Gasteiger partial charge is 0.260 e. The molecule has 0 atom stereocenters. The number of sulfonamides is 1. The van der Waals surface area contributed by atoms with Crippen LogP contribution in [0.5, 0.6) is 5.75 Å². The Hall–Kier alpha value is -2.39. The molecule has 1 aromatic heterocycles. The summed E-state index contributed by atoms with van der Waals surface area (Å²) in [6, 6.07) is 7.65. The van der Waals surface area contributed by atoms with E-state index in [9.17, 15) is 13.2 Å². The molecular formula is C19H26N4O4S. The van der Waals surface area contributed by atoms with Crippen LogP contribution in [-0.4, -0.2) is 66.5 Å². The van der Waals surface area contributed by atoms with Crippen LogP contribution in [0.2, 0.25) is 0 Å². The lowest BCUT2D eigenvalue weighted by Crippen LogP contribution is -2.51. The number of aromatic amines is 1. The van der Waals surface area contributed by atoms with Crippen LogP contribution in [0.15, 0.2) is 29.2 Å². The van der Waals surface area contributed by atoms with Gasteiger partial charge in [-0.1, -0.05) is 25.1 Å². The normalized spacial score (nSPS) is 15.6. The van der Waals surface area contributed by atoms with Crippen LogP contribution in [0, 0.1) is 13.8 Å². The Morgan fingerprint density at radius 1 is 1.18 bits per heavy atom. The second-order valence-electron chi connectivity index (χ2n) is 6.80. The van der Waals surface area contributed by atoms with Gasteiger partial charge in [-0.25, -0.2) is 8.42 Å². The van der Waals surface area contributed by atoms with Gasteiger partial charge in [0.25, 0.3) is 5.91 Å². The van der Waals surface area contributed by atoms with Crippen LogP contribution >= 0.6 is 0 Å². The van der Waals surface area contributed by atoms with Gasteiger partial charge in [0.1, 0.15) is 10.6 Å². The first kappa shape index (κ1) is 20.3. The molecule has 2 aromatic rings. The van der Waals surface area contributed by atoms with Crippen molar-refractivity contribution in [3.05, 3.63) is 41.2 Å². The van der Waals surface area contributed by atoms with Gasteiger partial charge in [0.2, 0.25) is 10.0 Å². The van der Waals surface area contributed by atoms with Gasteiger partial charge < -0.3 is 9.64 Å². The first-order chi connectivity index (χ1) is 13.3. The summed E-state index contributed by atoms with van der Waals surface area (Å²) in [5.41, 5.74) is 2.04. The highest BCUT2D eigenvalue weighted by Crippen LogP contribution is 2.23. The van der Waals surface area contributed by atoms with Crippen LogP contribution in [-0.2, 0) is 21.2 Å². The highest BCUT2D eigenvalue weighted by molar-refractivity contribution is 7.89. The molecule has 3 rings (SSSR count). The van der Waals surface area contributed by atoms with Gasteiger partial charge >= 0.3 is 0 Å². The summed E-state index contributed by atoms with van der Waals surface area (Å²) in [5.74, 6) is 0.573. The SMILES string of the molecule is CCc1ccccc1OCC(=O)N1CCN(S(=O)(=O)c2c(C)n[nH]c2C)CC1. The molecule has 9 heteroatoms. The Labute approximate surface area is 165 Å². The number of hydrogen-bond donors (Lipinski definition) is 1. The number of ether oxygens (including phenoxy) is 1. The Morgan fingerprint density at radius 3 is 2.46 bits per heavy atom. The van der Waals surface area contributed by atoms with Crippen molar-refractivity contribution in [1.82, 2.24) is 19.4 Å². The van der Waals surface area contributed by atoms with Gasteiger partial charge in [-0.15, -0.1) is 0 Å². The van der Waals surface area contributed by atoms with Crippen molar-refractivity contribution < 1.29 is 17.9 Å². The monoisotopic (exact) mass is 406 g/mol. The van der Waals surface area contributed by atoms with Crippen molar-refractivity contribution in [2.45, 2.75) is 32.1 Å². The highest BCUT2D eigenvalue weighted by atomic mass is 32.2. The Morgan fingerprint density at radius 2 is 1.86 bits per heavy atom. The van der Waals surface area contributed by atoms with Gasteiger partial charge in [0.15, 0.2) is 6.61 Å². The molecule has 1 aliphatic heterocycles. The number of hydrogen-bond acceptors (Lipinski definition) is 5. The summed E-state index contributed by atoms with van der Waals surface area (Å²) < 4.78 is 32.9. The second-order valence-corrected chi connectivity index (χ2v) is 8.67. The van der Waals surface area contributed by atoms with Crippen molar-refractivity contribution >= 4 is 15.9 Å². The maximum Gasteiger partial charge on any atom is 0.260 e. The van der Waals surface area contributed by atoms with Crippen molar-refractivity contribution in [2.24, 2.45) is 0 Å². The van der Waals surface area contributed by atoms with E-state index in [0.29, 0.717) is 30.2 Å². The number of carbonyl (C=O) groups is 1. The molecule has 0 radical (unpaired) electrons. The topological polar surface area (TPSA) is 95.6 Å². The second kappa shape index (κ2) is 8.32. The quantitative estimate of drug-likeness (QED) is 0.784. The number of aryl methyl sites for hydroxylation is 3. The fourth-order valence-corrected chi connectivity index (χ4v) is 5.15. The maximum atomic E-state index is 12.9. The van der Waals surface area contributed by atoms with E-state index in [1.54, 1.807) is 18.7 Å². The van der Waals surface area contributed by atoms with Crippen molar-refractivity contribution in [3.8, 4) is 5.75 Å². The molecule has 0 unspecified atom stereocenters. The molecule has 1 aliphatic rings. The fourth-order valence-electron chi connectivity index (χ4n) is 3.40. The zero-order chi connectivity index (χ0) is 20.3. The first-order valence-electron chi connectivity index (χ1n) is 9.34. The van der Waals surface area contributed by atoms with Crippen molar-refractivity contribution in [1.29, 1.82) is 0 Å². The summed E-state index contributed by atoms with van der Waals surface area (Å²) in [6.07, 6.45) is 0.827. The number of amides is 1. The molecule has 1 amide bonds. The number of piperazine rings is 1. The average Bonchev–Trinajstić information content (AvgIpc) is 3.05. The summed E-state index contributed by atoms with van der Waals surface area (Å²) in [5, 5.41) is 6.69. The van der Waals surface area contributed by atoms with E-state index in [1.165, 1.54) is 4.31 Å². The average molecular weight is 407 g/mol. The van der Waals surface area contributed by atoms with Crippen LogP contribution in [0.25, 0.3) is 0 Å². The molecule has 2 heterocycles. The third-order valence-electron chi connectivity index (χ3n) is 4.95. The molecule has 1 fully saturated rings. The minimum absolute atomic E-state index is 0.0519. The molecule has 1 aromatic carbocycles. The maximum absolute atomic E-state index is 12.9. The van der Waals surface area contributed by atoms with E-state index >= 15 is 0 Å². The molecule has 152 valence electrons. The Kier molecular flexibility index (Phi) is 6.04. The zero-order valence-electron chi connectivity index (χ0n) is 16.4. The van der Waals surface area contributed by atoms with Crippen molar-refractivity contribution in [2.75, 3.05) is 32.8 Å². The molecule has 28 heavy (non-hydrogen) atoms. The summed E-state index contributed by atoms with van der Waals surface area (Å²) in [6.45, 7) is 6.53. The summed E-state index contributed by atoms with van der Waals surface area (Å²) in [7, 11) is -3.62. The van der Waals surface area contributed by atoms with Gasteiger partial charge in [-0.3, -0.25) is 9.89 Å². The third kappa shape index (κ3) is 4.05. The van der Waals surface area contributed by atoms with E-state index in [1.807, 2.05) is 31.2 Å². The van der Waals surface area contributed by atoms with Gasteiger partial charge in [0, 0.05) is 26.2 Å². The zero-order valence-corrected chi connectivity index (χ0v) is 17.3. The fraction of sp³-hybridized carbons (Fsp3) is 0.474. The molecule has 1 saturated heterocycles. The minimum atomic E-state index is -3.62. The third-order valence-corrected chi connectivity index (χ3v) is 7.12. The van der Waals surface area contributed by atoms with Crippen molar-refractivity contribution in [3.63, 3.8) is 0 Å². The predicted octanol–water partition coefficient (Wildman–Crippen LogP) is 1.50. The summed E-state index contributed by atoms with van der Waals surface area (Å²) >= 11 is 0. The van der Waals surface area contributed by atoms with Crippen LogP contribution in [0.4, 0.5) is 0 Å². The number of nitrogens with one attached hydrogen (secondary N) is 1. The molecule has 8 nitrogen and oxygen atoms in total. The lowest BCUT2D eigenvalue weighted by Gasteiger charge is -2.34. The summed E-state index contributed by atoms with van der Waals surface area (Å²) in [4.78, 5) is 14.4. The number of rotatable bonds is 6. The molecule has 1 N–H and O–H groups in total. The first-order valence-corrected chi connectivity index (χ1v) is 10.8. The van der Waals surface area contributed by atoms with E-state index in [0.717, 1.165) is 12.0 Å². The molecule has 0 aliphatic carbocycles. The number of para-hydroxylation sites is 1. The van der Waals surface area contributed by atoms with Crippen LogP contribution in [0.3, 0.4) is 0 Å². The largest absolute Gasteiger partial charge is 0.483 e. The van der Waals surface area contributed by atoms with E-state index in [4.69, 9.17) is 4.74 Å². The standard InChI is InChI=1S/C19H26N4O4S/c1-4-16-7-5-6-8-17(16)27-13-18(24)22-9-11-23(12-10-22)28(25,26)19-14(2)20-21-15(19)3/h5-8H,4,9-13H2,1-3H3,(H,20,21). The van der Waals surface area contributed by atoms with Gasteiger partial charge in [0.05, 0.1) is 11.4 Å². The number of H-pyrrole nitrogens is 1. The van der Waals surface area contributed by atoms with Gasteiger partial charge in [-0.2, -0.15) is 9.40 Å². The Balaban J connectivity index is 1.58. The number of nitrogens with zero attached hydrogens (tertiary/aromatic N) is 3. The molecule has 0 spiro atoms. The predicted molar refractivity (Wildman–Crippen MR) is 105 cm³/mol. The highest BCUT2D eigenvalue weighted by Gasteiger charge is 2.33. The molecule has 0 saturated carbocycles. The van der Waals surface area contributed by atoms with Crippen LogP contribution in [0.1, 0.15) is 23.9 Å². The lowest BCUT2D eigenvalue weighted by molar-refractivity contribution is -0.134. The number of carbonyl (C=O) groups excluding carboxylic acids is 1. The molecule has 0 bridgehead atoms. The molecular weight excluding hydrogens is 380 g/mol. The lowest BCUT2D eigenvalue weighted by atomic mass is 10.1. The van der Waals surface area contributed by atoms with Gasteiger partial charge in [-0.05, 0) is 31.9 Å². The van der Waals surface area contributed by atoms with Crippen LogP contribution < -0.4 is 4.74 Å². The Bertz CT molecular complexity index is 927. The minimum Gasteiger partial charge on any atom is -0.483 e. The van der Waals surface area contributed by atoms with E-state index in [2.05, 4.69) is 10.2 Å². The number of aromatic nitrogens is 2. The number of benzene rings is 1.